The number of rotatable bonds is 3. The molecule has 1 aliphatic rings. The van der Waals surface area contributed by atoms with E-state index in [-0.39, 0.29) is 11.2 Å². The van der Waals surface area contributed by atoms with Crippen LogP contribution in [0.5, 0.6) is 0 Å². The zero-order valence-electron chi connectivity index (χ0n) is 8.97. The first-order valence-corrected chi connectivity index (χ1v) is 5.06. The Labute approximate surface area is 92.8 Å². The Hall–Kier alpha value is -1.69. The van der Waals surface area contributed by atoms with E-state index in [2.05, 4.69) is 10.3 Å². The number of hydrogen-bond donors (Lipinski definition) is 1. The molecule has 1 unspecified atom stereocenters. The van der Waals surface area contributed by atoms with Crippen LogP contribution in [-0.4, -0.2) is 28.7 Å². The largest absolute Gasteiger partial charge is 0.379 e. The number of hydrogen-bond acceptors (Lipinski definition) is 5. The molecule has 6 heteroatoms. The molecule has 2 rings (SSSR count). The van der Waals surface area contributed by atoms with Gasteiger partial charge in [-0.15, -0.1) is 0 Å². The molecular weight excluding hydrogens is 210 g/mol. The molecule has 6 nitrogen and oxygen atoms in total. The molecule has 0 aromatic carbocycles. The van der Waals surface area contributed by atoms with Gasteiger partial charge in [0.15, 0.2) is 0 Å². The van der Waals surface area contributed by atoms with Crippen LogP contribution in [0.3, 0.4) is 0 Å². The third-order valence-electron chi connectivity index (χ3n) is 2.62. The fourth-order valence-electron chi connectivity index (χ4n) is 1.69. The van der Waals surface area contributed by atoms with E-state index < -0.39 is 4.92 Å². The molecule has 1 N–H and O–H groups in total. The molecule has 2 heterocycles. The summed E-state index contributed by atoms with van der Waals surface area (Å²) in [7, 11) is 0. The van der Waals surface area contributed by atoms with E-state index in [9.17, 15) is 10.1 Å². The lowest BCUT2D eigenvalue weighted by Gasteiger charge is -2.23. The van der Waals surface area contributed by atoms with Crippen LogP contribution in [-0.2, 0) is 4.74 Å². The number of ether oxygens (including phenoxy) is 1. The molecule has 0 saturated carbocycles. The monoisotopic (exact) mass is 223 g/mol. The number of nitrogens with one attached hydrogen (secondary N) is 1. The quantitative estimate of drug-likeness (QED) is 0.621. The van der Waals surface area contributed by atoms with Crippen molar-refractivity contribution in [3.05, 3.63) is 28.4 Å². The minimum absolute atomic E-state index is 0.00405. The van der Waals surface area contributed by atoms with Crippen molar-refractivity contribution in [3.63, 3.8) is 0 Å². The van der Waals surface area contributed by atoms with Crippen LogP contribution in [0.2, 0.25) is 0 Å². The summed E-state index contributed by atoms with van der Waals surface area (Å²) in [6.07, 6.45) is 2.36. The second kappa shape index (κ2) is 4.05. The maximum Gasteiger partial charge on any atom is 0.311 e. The Morgan fingerprint density at radius 1 is 1.69 bits per heavy atom. The normalized spacial score (nSPS) is 24.3. The zero-order valence-corrected chi connectivity index (χ0v) is 8.97. The highest BCUT2D eigenvalue weighted by Gasteiger charge is 2.31. The number of anilines is 1. The van der Waals surface area contributed by atoms with E-state index in [1.54, 1.807) is 6.07 Å². The highest BCUT2D eigenvalue weighted by molar-refractivity contribution is 5.56. The van der Waals surface area contributed by atoms with Gasteiger partial charge in [0.25, 0.3) is 0 Å². The van der Waals surface area contributed by atoms with Crippen molar-refractivity contribution >= 4 is 11.5 Å². The maximum atomic E-state index is 10.8. The maximum absolute atomic E-state index is 10.8. The molecule has 16 heavy (non-hydrogen) atoms. The van der Waals surface area contributed by atoms with Crippen LogP contribution >= 0.6 is 0 Å². The smallest absolute Gasteiger partial charge is 0.311 e. The van der Waals surface area contributed by atoms with E-state index in [1.807, 2.05) is 6.92 Å². The second-order valence-corrected chi connectivity index (χ2v) is 4.12. The Bertz CT molecular complexity index is 402. The fraction of sp³-hybridized carbons (Fsp3) is 0.500. The molecule has 1 aromatic heterocycles. The number of pyridine rings is 1. The summed E-state index contributed by atoms with van der Waals surface area (Å²) in [6.45, 7) is 3.18. The summed E-state index contributed by atoms with van der Waals surface area (Å²) in [5.41, 5.74) is -0.269. The Morgan fingerprint density at radius 3 is 3.12 bits per heavy atom. The lowest BCUT2D eigenvalue weighted by atomic mass is 10.0. The van der Waals surface area contributed by atoms with Crippen LogP contribution in [0.25, 0.3) is 0 Å². The lowest BCUT2D eigenvalue weighted by molar-refractivity contribution is -0.384. The van der Waals surface area contributed by atoms with Gasteiger partial charge in [0.2, 0.25) is 5.82 Å². The molecule has 0 radical (unpaired) electrons. The fourth-order valence-corrected chi connectivity index (χ4v) is 1.69. The highest BCUT2D eigenvalue weighted by atomic mass is 16.6. The van der Waals surface area contributed by atoms with Gasteiger partial charge in [0.05, 0.1) is 17.1 Å². The van der Waals surface area contributed by atoms with Gasteiger partial charge in [-0.05, 0) is 19.4 Å². The van der Waals surface area contributed by atoms with Crippen LogP contribution in [0.4, 0.5) is 11.5 Å². The Kier molecular flexibility index (Phi) is 2.74. The summed E-state index contributed by atoms with van der Waals surface area (Å²) < 4.78 is 5.27. The summed E-state index contributed by atoms with van der Waals surface area (Å²) >= 11 is 0. The first kappa shape index (κ1) is 10.8. The first-order valence-electron chi connectivity index (χ1n) is 5.06. The molecule has 0 bridgehead atoms. The van der Waals surface area contributed by atoms with Gasteiger partial charge in [-0.1, -0.05) is 0 Å². The zero-order chi connectivity index (χ0) is 11.6. The van der Waals surface area contributed by atoms with E-state index in [0.29, 0.717) is 19.0 Å². The molecule has 1 fully saturated rings. The van der Waals surface area contributed by atoms with Crippen molar-refractivity contribution in [2.45, 2.75) is 18.9 Å². The summed E-state index contributed by atoms with van der Waals surface area (Å²) in [5.74, 6) is 0.306. The van der Waals surface area contributed by atoms with Gasteiger partial charge < -0.3 is 10.1 Å². The van der Waals surface area contributed by atoms with Gasteiger partial charge in [0, 0.05) is 18.9 Å². The van der Waals surface area contributed by atoms with Crippen LogP contribution in [0.1, 0.15) is 13.3 Å². The van der Waals surface area contributed by atoms with Gasteiger partial charge in [-0.25, -0.2) is 4.98 Å². The van der Waals surface area contributed by atoms with Crippen molar-refractivity contribution in [2.75, 3.05) is 18.5 Å². The number of nitro groups is 1. The Morgan fingerprint density at radius 2 is 2.50 bits per heavy atom. The molecule has 0 amide bonds. The van der Waals surface area contributed by atoms with Crippen LogP contribution < -0.4 is 5.32 Å². The van der Waals surface area contributed by atoms with Gasteiger partial charge in [0.1, 0.15) is 0 Å². The van der Waals surface area contributed by atoms with Gasteiger partial charge >= 0.3 is 5.69 Å². The van der Waals surface area contributed by atoms with Crippen molar-refractivity contribution in [3.8, 4) is 0 Å². The van der Waals surface area contributed by atoms with Gasteiger partial charge in [-0.3, -0.25) is 10.1 Å². The number of aromatic nitrogens is 1. The molecular formula is C10H13N3O3. The lowest BCUT2D eigenvalue weighted by Crippen LogP contribution is -2.35. The summed E-state index contributed by atoms with van der Waals surface area (Å²) in [4.78, 5) is 14.4. The van der Waals surface area contributed by atoms with Crippen molar-refractivity contribution in [1.82, 2.24) is 4.98 Å². The van der Waals surface area contributed by atoms with E-state index >= 15 is 0 Å². The third-order valence-corrected chi connectivity index (χ3v) is 2.62. The minimum Gasteiger partial charge on any atom is -0.379 e. The van der Waals surface area contributed by atoms with Crippen molar-refractivity contribution < 1.29 is 9.66 Å². The standard InChI is InChI=1S/C10H13N3O3/c1-10(4-6-16-7-10)12-9-8(13(14)15)3-2-5-11-9/h2-3,5H,4,6-7H2,1H3,(H,11,12). The van der Waals surface area contributed by atoms with Gasteiger partial charge in [-0.2, -0.15) is 0 Å². The molecule has 0 spiro atoms. The van der Waals surface area contributed by atoms with Crippen molar-refractivity contribution in [2.24, 2.45) is 0 Å². The third kappa shape index (κ3) is 2.11. The highest BCUT2D eigenvalue weighted by Crippen LogP contribution is 2.27. The summed E-state index contributed by atoms with van der Waals surface area (Å²) in [5, 5.41) is 13.9. The van der Waals surface area contributed by atoms with E-state index in [4.69, 9.17) is 4.74 Å². The first-order chi connectivity index (χ1) is 7.61. The molecule has 1 aromatic rings. The molecule has 1 atom stereocenters. The average Bonchev–Trinajstić information content (AvgIpc) is 2.65. The van der Waals surface area contributed by atoms with Crippen LogP contribution in [0.15, 0.2) is 18.3 Å². The minimum atomic E-state index is -0.436. The van der Waals surface area contributed by atoms with E-state index in [0.717, 1.165) is 6.42 Å². The van der Waals surface area contributed by atoms with Crippen LogP contribution in [0, 0.1) is 10.1 Å². The average molecular weight is 223 g/mol. The topological polar surface area (TPSA) is 77.3 Å². The molecule has 0 aliphatic carbocycles. The summed E-state index contributed by atoms with van der Waals surface area (Å²) in [6, 6.07) is 2.99. The molecule has 1 aliphatic heterocycles. The molecule has 86 valence electrons. The predicted molar refractivity (Wildman–Crippen MR) is 58.4 cm³/mol. The number of nitrogens with zero attached hydrogens (tertiary/aromatic N) is 2. The van der Waals surface area contributed by atoms with Crippen molar-refractivity contribution in [1.29, 1.82) is 0 Å². The predicted octanol–water partition coefficient (Wildman–Crippen LogP) is 1.58. The Balaban J connectivity index is 2.23. The van der Waals surface area contributed by atoms with E-state index in [1.165, 1.54) is 12.3 Å². The SMILES string of the molecule is CC1(Nc2ncccc2[N+](=O)[O-])CCOC1. The molecule has 1 saturated heterocycles. The second-order valence-electron chi connectivity index (χ2n) is 4.12.